The highest BCUT2D eigenvalue weighted by atomic mass is 32.1. The zero-order chi connectivity index (χ0) is 37.2. The van der Waals surface area contributed by atoms with Crippen molar-refractivity contribution >= 4 is 35.0 Å². The molecule has 0 unspecified atom stereocenters. The van der Waals surface area contributed by atoms with E-state index in [1.807, 2.05) is 31.2 Å². The lowest BCUT2D eigenvalue weighted by Crippen LogP contribution is -2.59. The van der Waals surface area contributed by atoms with Crippen LogP contribution in [0.15, 0.2) is 29.8 Å². The molecule has 11 nitrogen and oxygen atoms in total. The predicted molar refractivity (Wildman–Crippen MR) is 197 cm³/mol. The molecular weight excluding hydrogens is 672 g/mol. The first-order valence-electron chi connectivity index (χ1n) is 18.5. The van der Waals surface area contributed by atoms with Crippen LogP contribution in [0.4, 0.5) is 4.39 Å². The number of alkyl halides is 1. The van der Waals surface area contributed by atoms with Crippen LogP contribution >= 0.6 is 11.3 Å². The first-order valence-corrected chi connectivity index (χ1v) is 19.4. The minimum Gasteiger partial charge on any atom is -0.391 e. The number of nitrogens with zero attached hydrogens (tertiary/aromatic N) is 2. The van der Waals surface area contributed by atoms with Crippen molar-refractivity contribution in [2.24, 2.45) is 11.1 Å². The van der Waals surface area contributed by atoms with Crippen LogP contribution in [0, 0.1) is 12.3 Å². The second kappa shape index (κ2) is 18.4. The van der Waals surface area contributed by atoms with E-state index in [4.69, 9.17) is 5.73 Å². The van der Waals surface area contributed by atoms with E-state index < -0.39 is 53.0 Å². The number of aromatic nitrogens is 1. The van der Waals surface area contributed by atoms with Crippen LogP contribution in [-0.4, -0.2) is 82.1 Å². The third-order valence-electron chi connectivity index (χ3n) is 9.83. The molecule has 0 radical (unpaired) electrons. The van der Waals surface area contributed by atoms with Gasteiger partial charge in [0.05, 0.1) is 34.6 Å². The summed E-state index contributed by atoms with van der Waals surface area (Å²) in [4.78, 5) is 60.4. The number of nitrogens with two attached hydrogens (primary N) is 1. The molecule has 2 aliphatic rings. The van der Waals surface area contributed by atoms with Gasteiger partial charge >= 0.3 is 0 Å². The van der Waals surface area contributed by atoms with E-state index in [-0.39, 0.29) is 38.1 Å². The summed E-state index contributed by atoms with van der Waals surface area (Å²) in [5.41, 5.74) is 7.18. The van der Waals surface area contributed by atoms with E-state index >= 15 is 0 Å². The Morgan fingerprint density at radius 3 is 2.22 bits per heavy atom. The Morgan fingerprint density at radius 2 is 1.65 bits per heavy atom. The number of nitrogens with one attached hydrogen (secondary N) is 3. The van der Waals surface area contributed by atoms with Crippen LogP contribution in [-0.2, 0) is 19.2 Å². The van der Waals surface area contributed by atoms with Crippen molar-refractivity contribution in [3.05, 3.63) is 41.0 Å². The molecule has 1 aromatic heterocycles. The monoisotopic (exact) mass is 728 g/mol. The molecule has 4 rings (SSSR count). The van der Waals surface area contributed by atoms with Gasteiger partial charge in [-0.1, -0.05) is 83.6 Å². The molecule has 2 fully saturated rings. The highest BCUT2D eigenvalue weighted by Gasteiger charge is 2.53. The molecule has 4 amide bonds. The zero-order valence-corrected chi connectivity index (χ0v) is 31.5. The SMILES string of the molecule is Cc1ncsc1-c1ccc([C@H](CC(=O)NCCCCCCCCCCN)NC(=O)[C@@H]2C[C@@H](O)CN2C(=O)[C@@H](NC(=O)C2(F)CC2)C(C)(C)C)cc1. The summed E-state index contributed by atoms with van der Waals surface area (Å²) >= 11 is 1.53. The number of amides is 4. The third kappa shape index (κ3) is 11.5. The van der Waals surface area contributed by atoms with Crippen LogP contribution in [0.2, 0.25) is 0 Å². The highest BCUT2D eigenvalue weighted by molar-refractivity contribution is 7.13. The summed E-state index contributed by atoms with van der Waals surface area (Å²) in [6.07, 6.45) is 8.01. The van der Waals surface area contributed by atoms with Crippen molar-refractivity contribution in [1.82, 2.24) is 25.8 Å². The van der Waals surface area contributed by atoms with Gasteiger partial charge in [-0.2, -0.15) is 0 Å². The normalized spacial score (nSPS) is 19.3. The van der Waals surface area contributed by atoms with E-state index in [1.54, 1.807) is 26.3 Å². The molecular formula is C38H57FN6O5S. The van der Waals surface area contributed by atoms with Crippen molar-refractivity contribution in [3.8, 4) is 10.4 Å². The van der Waals surface area contributed by atoms with Crippen LogP contribution in [0.3, 0.4) is 0 Å². The van der Waals surface area contributed by atoms with E-state index in [2.05, 4.69) is 20.9 Å². The molecule has 2 aromatic rings. The second-order valence-electron chi connectivity index (χ2n) is 15.3. The summed E-state index contributed by atoms with van der Waals surface area (Å²) in [6.45, 7) is 8.38. The summed E-state index contributed by atoms with van der Waals surface area (Å²) in [5, 5.41) is 19.2. The average Bonchev–Trinajstić information content (AvgIpc) is 3.49. The number of hydrogen-bond acceptors (Lipinski definition) is 8. The number of aryl methyl sites for hydroxylation is 1. The smallest absolute Gasteiger partial charge is 0.258 e. The van der Waals surface area contributed by atoms with E-state index in [1.165, 1.54) is 41.9 Å². The maximum absolute atomic E-state index is 14.6. The Labute approximate surface area is 305 Å². The fraction of sp³-hybridized carbons (Fsp3) is 0.658. The molecule has 0 spiro atoms. The molecule has 0 bridgehead atoms. The summed E-state index contributed by atoms with van der Waals surface area (Å²) in [7, 11) is 0. The highest BCUT2D eigenvalue weighted by Crippen LogP contribution is 2.40. The van der Waals surface area contributed by atoms with Crippen LogP contribution in [0.25, 0.3) is 10.4 Å². The zero-order valence-electron chi connectivity index (χ0n) is 30.6. The minimum absolute atomic E-state index is 0.00897. The van der Waals surface area contributed by atoms with Crippen molar-refractivity contribution in [3.63, 3.8) is 0 Å². The lowest BCUT2D eigenvalue weighted by Gasteiger charge is -2.36. The number of rotatable bonds is 19. The fourth-order valence-corrected chi connectivity index (χ4v) is 7.31. The lowest BCUT2D eigenvalue weighted by molar-refractivity contribution is -0.145. The molecule has 2 heterocycles. The number of aliphatic hydroxyl groups is 1. The summed E-state index contributed by atoms with van der Waals surface area (Å²) in [6, 6.07) is 4.76. The van der Waals surface area contributed by atoms with Gasteiger partial charge in [-0.15, -0.1) is 11.3 Å². The number of unbranched alkanes of at least 4 members (excludes halogenated alkanes) is 7. The average molecular weight is 729 g/mol. The molecule has 1 aliphatic carbocycles. The Hall–Kier alpha value is -3.42. The number of carbonyl (C=O) groups excluding carboxylic acids is 4. The largest absolute Gasteiger partial charge is 0.391 e. The first kappa shape index (κ1) is 40.4. The Morgan fingerprint density at radius 1 is 1.02 bits per heavy atom. The molecule has 51 heavy (non-hydrogen) atoms. The van der Waals surface area contributed by atoms with Crippen LogP contribution in [0.5, 0.6) is 0 Å². The maximum atomic E-state index is 14.6. The summed E-state index contributed by atoms with van der Waals surface area (Å²) in [5.74, 6) is -2.13. The van der Waals surface area contributed by atoms with Crippen molar-refractivity contribution in [2.45, 2.75) is 135 Å². The van der Waals surface area contributed by atoms with Gasteiger partial charge in [-0.05, 0) is 55.7 Å². The summed E-state index contributed by atoms with van der Waals surface area (Å²) < 4.78 is 14.6. The second-order valence-corrected chi connectivity index (χ2v) is 16.1. The number of likely N-dealkylation sites (tertiary alicyclic amines) is 1. The molecule has 1 saturated carbocycles. The van der Waals surface area contributed by atoms with Gasteiger partial charge in [0.2, 0.25) is 17.7 Å². The molecule has 282 valence electrons. The van der Waals surface area contributed by atoms with Gasteiger partial charge in [0.25, 0.3) is 5.91 Å². The lowest BCUT2D eigenvalue weighted by atomic mass is 9.85. The van der Waals surface area contributed by atoms with Crippen LogP contribution < -0.4 is 21.7 Å². The van der Waals surface area contributed by atoms with Gasteiger partial charge in [-0.25, -0.2) is 9.37 Å². The molecule has 1 aromatic carbocycles. The predicted octanol–water partition coefficient (Wildman–Crippen LogP) is 4.86. The standard InChI is InChI=1S/C38H57FN6O5S/c1-25-32(51-24-42-25)27-15-13-26(14-16-27)29(22-31(47)41-20-12-10-8-6-5-7-9-11-19-40)43-34(48)30-21-28(46)23-45(30)35(49)33(37(2,3)4)44-36(50)38(39)17-18-38/h13-16,24,28-30,33,46H,5-12,17-23,40H2,1-4H3,(H,41,47)(H,43,48)(H,44,50)/t28-,29+,30+,33-/m1/s1. The number of halogens is 1. The van der Waals surface area contributed by atoms with Crippen molar-refractivity contribution < 1.29 is 28.7 Å². The van der Waals surface area contributed by atoms with Gasteiger partial charge in [0.15, 0.2) is 5.67 Å². The number of hydrogen-bond donors (Lipinski definition) is 5. The quantitative estimate of drug-likeness (QED) is 0.129. The van der Waals surface area contributed by atoms with Gasteiger partial charge in [-0.3, -0.25) is 19.2 Å². The van der Waals surface area contributed by atoms with E-state index in [0.717, 1.165) is 48.4 Å². The van der Waals surface area contributed by atoms with Crippen LogP contribution in [0.1, 0.15) is 115 Å². The molecule has 4 atom stereocenters. The fourth-order valence-electron chi connectivity index (χ4n) is 6.50. The first-order chi connectivity index (χ1) is 24.2. The number of thiazole rings is 1. The van der Waals surface area contributed by atoms with E-state index in [9.17, 15) is 28.7 Å². The number of β-amino-alcohol motifs (C(OH)–C–C–N with tert-alkyl or cyclic N) is 1. The van der Waals surface area contributed by atoms with E-state index in [0.29, 0.717) is 12.1 Å². The Kier molecular flexibility index (Phi) is 14.5. The molecule has 1 aliphatic heterocycles. The maximum Gasteiger partial charge on any atom is 0.258 e. The van der Waals surface area contributed by atoms with Gasteiger partial charge in [0, 0.05) is 19.5 Å². The molecule has 6 N–H and O–H groups in total. The number of aliphatic hydroxyl groups excluding tert-OH is 1. The van der Waals surface area contributed by atoms with Gasteiger partial charge in [0.1, 0.15) is 12.1 Å². The molecule has 13 heteroatoms. The topological polar surface area (TPSA) is 167 Å². The third-order valence-corrected chi connectivity index (χ3v) is 10.8. The van der Waals surface area contributed by atoms with Crippen molar-refractivity contribution in [2.75, 3.05) is 19.6 Å². The van der Waals surface area contributed by atoms with Gasteiger partial charge < -0.3 is 31.7 Å². The number of benzene rings is 1. The minimum atomic E-state index is -1.97. The van der Waals surface area contributed by atoms with Crippen molar-refractivity contribution in [1.29, 1.82) is 0 Å². The Balaban J connectivity index is 1.43. The number of carbonyl (C=O) groups is 4. The molecule has 1 saturated heterocycles. The Bertz CT molecular complexity index is 1470.